The lowest BCUT2D eigenvalue weighted by Gasteiger charge is -2.42. The maximum absolute atomic E-state index is 10.7. The minimum Gasteiger partial charge on any atom is -0.390 e. The Balaban J connectivity index is 1.63. The summed E-state index contributed by atoms with van der Waals surface area (Å²) in [5.41, 5.74) is 6.27. The number of aryl methyl sites for hydroxylation is 2. The number of nitrogens with zero attached hydrogens (tertiary/aromatic N) is 1. The van der Waals surface area contributed by atoms with Crippen LogP contribution in [0, 0.1) is 6.92 Å². The van der Waals surface area contributed by atoms with Crippen LogP contribution in [0.5, 0.6) is 0 Å². The predicted octanol–water partition coefficient (Wildman–Crippen LogP) is 4.02. The van der Waals surface area contributed by atoms with Gasteiger partial charge in [-0.15, -0.1) is 0 Å². The van der Waals surface area contributed by atoms with E-state index >= 15 is 0 Å². The van der Waals surface area contributed by atoms with Crippen molar-refractivity contribution in [1.82, 2.24) is 4.90 Å². The molecule has 2 aromatic rings. The van der Waals surface area contributed by atoms with E-state index in [0.29, 0.717) is 5.75 Å². The highest BCUT2D eigenvalue weighted by molar-refractivity contribution is 8.16. The topological polar surface area (TPSA) is 63.9 Å². The Kier molecular flexibility index (Phi) is 9.83. The van der Waals surface area contributed by atoms with Crippen molar-refractivity contribution >= 4 is 10.9 Å². The van der Waals surface area contributed by atoms with E-state index in [0.717, 1.165) is 31.5 Å². The Bertz CT molecular complexity index is 868. The second kappa shape index (κ2) is 12.4. The number of aliphatic hydroxyl groups excluding tert-OH is 3. The fraction of sp³-hybridized carbons (Fsp3) is 0.571. The van der Waals surface area contributed by atoms with E-state index in [1.165, 1.54) is 41.6 Å². The molecular weight excluding hydrogens is 430 g/mol. The van der Waals surface area contributed by atoms with Crippen molar-refractivity contribution in [3.8, 4) is 0 Å². The van der Waals surface area contributed by atoms with Gasteiger partial charge < -0.3 is 20.2 Å². The van der Waals surface area contributed by atoms with E-state index in [4.69, 9.17) is 0 Å². The van der Waals surface area contributed by atoms with Crippen LogP contribution in [0.25, 0.3) is 0 Å². The minimum absolute atomic E-state index is 0.100. The smallest absolute Gasteiger partial charge is 0.108 e. The SMILES string of the molecule is CCN(CC)CCCCc1ccc(Cc2cc([C@H]3[C@H](O)[C@H](O)[C@H](O)C[SH]3C)ccc2C)cc1. The summed E-state index contributed by atoms with van der Waals surface area (Å²) in [6.45, 7) is 10.0. The first kappa shape index (κ1) is 26.2. The van der Waals surface area contributed by atoms with Gasteiger partial charge in [0, 0.05) is 11.0 Å². The lowest BCUT2D eigenvalue weighted by atomic mass is 9.93. The minimum atomic E-state index is -1.07. The Labute approximate surface area is 203 Å². The highest BCUT2D eigenvalue weighted by Crippen LogP contribution is 2.48. The van der Waals surface area contributed by atoms with E-state index in [-0.39, 0.29) is 5.25 Å². The van der Waals surface area contributed by atoms with Crippen LogP contribution in [-0.2, 0) is 12.8 Å². The fourth-order valence-electron chi connectivity index (χ4n) is 4.96. The van der Waals surface area contributed by atoms with Gasteiger partial charge in [-0.3, -0.25) is 0 Å². The summed E-state index contributed by atoms with van der Waals surface area (Å²) in [7, 11) is -0.600. The Hall–Kier alpha value is -1.37. The van der Waals surface area contributed by atoms with Crippen molar-refractivity contribution in [3.63, 3.8) is 0 Å². The summed E-state index contributed by atoms with van der Waals surface area (Å²) in [5.74, 6) is 0.567. The standard InChI is InChI=1S/C28H43NO3S/c1-5-29(6-2)16-8-7-9-21-11-13-22(14-12-21)17-24-18-23(15-10-20(24)3)28-27(32)26(31)25(30)19-33(28)4/h10-15,18,25-28,30-33H,5-9,16-17,19H2,1-4H3/t25-,26-,27-,28+/m1/s1. The maximum Gasteiger partial charge on any atom is 0.108 e. The average molecular weight is 474 g/mol. The van der Waals surface area contributed by atoms with E-state index < -0.39 is 29.2 Å². The normalized spacial score (nSPS) is 26.6. The quantitative estimate of drug-likeness (QED) is 0.311. The van der Waals surface area contributed by atoms with Crippen LogP contribution in [0.3, 0.4) is 0 Å². The summed E-state index contributed by atoms with van der Waals surface area (Å²) < 4.78 is 0. The number of hydrogen-bond donors (Lipinski definition) is 4. The number of unbranched alkanes of at least 4 members (excludes halogenated alkanes) is 1. The van der Waals surface area contributed by atoms with Crippen LogP contribution in [-0.4, -0.2) is 70.2 Å². The molecule has 0 amide bonds. The number of aliphatic hydroxyl groups is 3. The zero-order valence-corrected chi connectivity index (χ0v) is 21.6. The van der Waals surface area contributed by atoms with Crippen molar-refractivity contribution in [3.05, 3.63) is 70.3 Å². The van der Waals surface area contributed by atoms with E-state index in [9.17, 15) is 15.3 Å². The first-order valence-corrected chi connectivity index (χ1v) is 14.5. The van der Waals surface area contributed by atoms with Crippen LogP contribution >= 0.6 is 10.9 Å². The van der Waals surface area contributed by atoms with Crippen molar-refractivity contribution in [2.45, 2.75) is 70.0 Å². The van der Waals surface area contributed by atoms with Crippen LogP contribution in [0.15, 0.2) is 42.5 Å². The molecule has 0 radical (unpaired) electrons. The molecule has 3 rings (SSSR count). The molecule has 0 aromatic heterocycles. The zero-order chi connectivity index (χ0) is 24.0. The van der Waals surface area contributed by atoms with E-state index in [1.807, 2.05) is 0 Å². The van der Waals surface area contributed by atoms with Crippen molar-refractivity contribution in [2.75, 3.05) is 31.6 Å². The molecule has 5 heteroatoms. The third-order valence-electron chi connectivity index (χ3n) is 7.23. The molecule has 184 valence electrons. The van der Waals surface area contributed by atoms with Gasteiger partial charge in [0.05, 0.1) is 12.2 Å². The third-order valence-corrected chi connectivity index (χ3v) is 9.74. The monoisotopic (exact) mass is 473 g/mol. The molecule has 1 saturated heterocycles. The molecule has 3 N–H and O–H groups in total. The third kappa shape index (κ3) is 6.83. The molecule has 0 spiro atoms. The zero-order valence-electron chi connectivity index (χ0n) is 20.7. The van der Waals surface area contributed by atoms with Gasteiger partial charge in [0.15, 0.2) is 0 Å². The molecule has 1 heterocycles. The molecule has 4 nitrogen and oxygen atoms in total. The predicted molar refractivity (Wildman–Crippen MR) is 142 cm³/mol. The van der Waals surface area contributed by atoms with E-state index in [2.05, 4.69) is 74.4 Å². The Morgan fingerprint density at radius 1 is 0.909 bits per heavy atom. The Morgan fingerprint density at radius 2 is 1.58 bits per heavy atom. The summed E-state index contributed by atoms with van der Waals surface area (Å²) in [6.07, 6.45) is 3.75. The van der Waals surface area contributed by atoms with Gasteiger partial charge in [0.2, 0.25) is 0 Å². The summed E-state index contributed by atoms with van der Waals surface area (Å²) >= 11 is 0. The summed E-state index contributed by atoms with van der Waals surface area (Å²) in [6, 6.07) is 15.4. The van der Waals surface area contributed by atoms with Crippen molar-refractivity contribution < 1.29 is 15.3 Å². The van der Waals surface area contributed by atoms with E-state index in [1.54, 1.807) is 0 Å². The molecule has 1 aliphatic heterocycles. The van der Waals surface area contributed by atoms with Gasteiger partial charge in [-0.05, 0) is 86.3 Å². The summed E-state index contributed by atoms with van der Waals surface area (Å²) in [4.78, 5) is 2.48. The second-order valence-corrected chi connectivity index (χ2v) is 12.0. The van der Waals surface area contributed by atoms with Gasteiger partial charge in [-0.1, -0.05) is 56.3 Å². The number of rotatable bonds is 10. The van der Waals surface area contributed by atoms with Gasteiger partial charge in [-0.25, -0.2) is 10.9 Å². The molecule has 0 saturated carbocycles. The molecule has 1 fully saturated rings. The van der Waals surface area contributed by atoms with Crippen molar-refractivity contribution in [2.24, 2.45) is 0 Å². The molecule has 1 aliphatic rings. The molecule has 5 atom stereocenters. The van der Waals surface area contributed by atoms with Gasteiger partial charge in [-0.2, -0.15) is 0 Å². The van der Waals surface area contributed by atoms with Crippen LogP contribution in [0.4, 0.5) is 0 Å². The van der Waals surface area contributed by atoms with Gasteiger partial charge >= 0.3 is 0 Å². The highest BCUT2D eigenvalue weighted by Gasteiger charge is 2.40. The average Bonchev–Trinajstić information content (AvgIpc) is 2.81. The molecule has 1 unspecified atom stereocenters. The number of benzene rings is 2. The fourth-order valence-corrected chi connectivity index (χ4v) is 7.36. The second-order valence-electron chi connectivity index (χ2n) is 9.60. The Morgan fingerprint density at radius 3 is 2.24 bits per heavy atom. The molecular formula is C28H43NO3S. The first-order chi connectivity index (χ1) is 15.8. The lowest BCUT2D eigenvalue weighted by molar-refractivity contribution is -0.0561. The molecule has 33 heavy (non-hydrogen) atoms. The van der Waals surface area contributed by atoms with Crippen molar-refractivity contribution in [1.29, 1.82) is 0 Å². The van der Waals surface area contributed by atoms with Gasteiger partial charge in [0.1, 0.15) is 6.10 Å². The summed E-state index contributed by atoms with van der Waals surface area (Å²) in [5, 5.41) is 30.8. The first-order valence-electron chi connectivity index (χ1n) is 12.5. The van der Waals surface area contributed by atoms with Crippen LogP contribution in [0.2, 0.25) is 0 Å². The lowest BCUT2D eigenvalue weighted by Crippen LogP contribution is -2.47. The molecule has 0 aliphatic carbocycles. The molecule has 0 bridgehead atoms. The number of thiol groups is 1. The largest absolute Gasteiger partial charge is 0.390 e. The van der Waals surface area contributed by atoms with Crippen LogP contribution in [0.1, 0.15) is 59.8 Å². The van der Waals surface area contributed by atoms with Gasteiger partial charge in [0.25, 0.3) is 0 Å². The highest BCUT2D eigenvalue weighted by atomic mass is 32.2. The van der Waals surface area contributed by atoms with Crippen LogP contribution < -0.4 is 0 Å². The maximum atomic E-state index is 10.7. The molecule has 2 aromatic carbocycles. The number of hydrogen-bond acceptors (Lipinski definition) is 4.